The van der Waals surface area contributed by atoms with E-state index in [9.17, 15) is 35.6 Å². The van der Waals surface area contributed by atoms with Crippen molar-refractivity contribution in [2.45, 2.75) is 12.4 Å². The SMILES string of the molecule is CO[N+](=O)c1cc(Nc2ccc(C(F)(F)F)cc2)nc(-c2c(C(F)(F)F)nc3ccc(F)cn23)c1. The van der Waals surface area contributed by atoms with Gasteiger partial charge in [-0.05, 0) is 36.4 Å². The van der Waals surface area contributed by atoms with Gasteiger partial charge in [0.05, 0.1) is 22.2 Å². The number of imidazole rings is 1. The molecule has 0 fully saturated rings. The zero-order chi connectivity index (χ0) is 25.5. The summed E-state index contributed by atoms with van der Waals surface area (Å²) in [5.74, 6) is -1.05. The van der Waals surface area contributed by atoms with Crippen LogP contribution < -0.4 is 5.32 Å². The van der Waals surface area contributed by atoms with Gasteiger partial charge < -0.3 is 5.32 Å². The minimum Gasteiger partial charge on any atom is -0.340 e. The van der Waals surface area contributed by atoms with E-state index in [1.807, 2.05) is 0 Å². The van der Waals surface area contributed by atoms with Gasteiger partial charge in [0.25, 0.3) is 4.92 Å². The molecule has 4 aromatic rings. The molecule has 0 spiro atoms. The van der Waals surface area contributed by atoms with Crippen LogP contribution in [0.3, 0.4) is 0 Å². The average Bonchev–Trinajstić information content (AvgIpc) is 3.17. The maximum Gasteiger partial charge on any atom is 0.435 e. The number of rotatable bonds is 5. The second kappa shape index (κ2) is 8.52. The first-order chi connectivity index (χ1) is 16.4. The van der Waals surface area contributed by atoms with Crippen molar-refractivity contribution in [1.29, 1.82) is 0 Å². The fraction of sp³-hybridized carbons (Fsp3) is 0.143. The van der Waals surface area contributed by atoms with E-state index in [4.69, 9.17) is 0 Å². The van der Waals surface area contributed by atoms with Crippen LogP contribution in [-0.2, 0) is 17.2 Å². The molecule has 0 aliphatic carbocycles. The van der Waals surface area contributed by atoms with Crippen molar-refractivity contribution < 1.29 is 40.5 Å². The zero-order valence-corrected chi connectivity index (χ0v) is 17.4. The summed E-state index contributed by atoms with van der Waals surface area (Å²) in [4.78, 5) is 24.3. The molecule has 0 saturated carbocycles. The Morgan fingerprint density at radius 3 is 2.23 bits per heavy atom. The topological polar surface area (TPSA) is 71.5 Å². The predicted octanol–water partition coefficient (Wildman–Crippen LogP) is 6.29. The van der Waals surface area contributed by atoms with E-state index in [1.54, 1.807) is 0 Å². The molecule has 0 atom stereocenters. The summed E-state index contributed by atoms with van der Waals surface area (Å²) < 4.78 is 94.5. The maximum atomic E-state index is 13.9. The number of pyridine rings is 2. The van der Waals surface area contributed by atoms with E-state index in [0.717, 1.165) is 66.2 Å². The Morgan fingerprint density at radius 2 is 1.63 bits per heavy atom. The summed E-state index contributed by atoms with van der Waals surface area (Å²) in [5, 5.41) is 2.64. The number of aromatic nitrogens is 3. The van der Waals surface area contributed by atoms with Crippen molar-refractivity contribution in [2.24, 2.45) is 0 Å². The third-order valence-electron chi connectivity index (χ3n) is 4.76. The minimum atomic E-state index is -4.96. The van der Waals surface area contributed by atoms with Crippen molar-refractivity contribution in [3.05, 3.63) is 76.7 Å². The van der Waals surface area contributed by atoms with E-state index in [0.29, 0.717) is 0 Å². The lowest BCUT2D eigenvalue weighted by atomic mass is 10.2. The molecule has 0 saturated heterocycles. The Kier molecular flexibility index (Phi) is 5.82. The molecule has 7 nitrogen and oxygen atoms in total. The quantitative estimate of drug-likeness (QED) is 0.258. The second-order valence-corrected chi connectivity index (χ2v) is 7.12. The van der Waals surface area contributed by atoms with Crippen LogP contribution in [0.5, 0.6) is 0 Å². The standard InChI is InChI=1S/C21H13F7N5O2/c1-35-33(34)14-8-15(18-19(21(26,27)28)31-17-7-4-12(22)10-32(17)18)30-16(9-14)29-13-5-2-11(3-6-13)20(23,24)25/h2-10H,1H3,(H,29,30)/q+1. The lowest BCUT2D eigenvalue weighted by Crippen LogP contribution is -2.09. The Labute approximate surface area is 191 Å². The van der Waals surface area contributed by atoms with Gasteiger partial charge in [-0.2, -0.15) is 26.3 Å². The van der Waals surface area contributed by atoms with Crippen molar-refractivity contribution in [1.82, 2.24) is 14.4 Å². The van der Waals surface area contributed by atoms with Gasteiger partial charge in [0, 0.05) is 18.0 Å². The maximum absolute atomic E-state index is 13.9. The number of nitrogens with one attached hydrogen (secondary N) is 1. The molecule has 0 aliphatic rings. The summed E-state index contributed by atoms with van der Waals surface area (Å²) in [6.07, 6.45) is -8.76. The number of hydrogen-bond donors (Lipinski definition) is 1. The molecule has 3 heterocycles. The summed E-state index contributed by atoms with van der Waals surface area (Å²) in [6, 6.07) is 7.77. The highest BCUT2D eigenvalue weighted by molar-refractivity contribution is 5.70. The molecule has 0 aliphatic heterocycles. The first-order valence-corrected chi connectivity index (χ1v) is 9.60. The van der Waals surface area contributed by atoms with Crippen LogP contribution in [-0.4, -0.2) is 26.4 Å². The van der Waals surface area contributed by atoms with E-state index >= 15 is 0 Å². The smallest absolute Gasteiger partial charge is 0.340 e. The number of alkyl halides is 6. The highest BCUT2D eigenvalue weighted by Gasteiger charge is 2.39. The molecular weight excluding hydrogens is 487 g/mol. The number of nitrogens with zero attached hydrogens (tertiary/aromatic N) is 4. The van der Waals surface area contributed by atoms with Crippen LogP contribution >= 0.6 is 0 Å². The van der Waals surface area contributed by atoms with Crippen LogP contribution in [0.4, 0.5) is 47.9 Å². The second-order valence-electron chi connectivity index (χ2n) is 7.12. The molecule has 0 amide bonds. The fourth-order valence-electron chi connectivity index (χ4n) is 3.26. The van der Waals surface area contributed by atoms with Crippen molar-refractivity contribution >= 4 is 22.8 Å². The van der Waals surface area contributed by atoms with Crippen LogP contribution in [0, 0.1) is 10.7 Å². The molecule has 3 aromatic heterocycles. The van der Waals surface area contributed by atoms with Gasteiger partial charge in [0.1, 0.15) is 23.0 Å². The van der Waals surface area contributed by atoms with Crippen LogP contribution in [0.25, 0.3) is 17.0 Å². The molecule has 4 rings (SSSR count). The van der Waals surface area contributed by atoms with Gasteiger partial charge in [-0.25, -0.2) is 19.2 Å². The Hall–Kier alpha value is -4.23. The number of hydrogen-bond acceptors (Lipinski definition) is 5. The summed E-state index contributed by atoms with van der Waals surface area (Å²) in [5.41, 5.74) is -3.82. The normalized spacial score (nSPS) is 12.1. The van der Waals surface area contributed by atoms with Gasteiger partial charge in [0.2, 0.25) is 0 Å². The largest absolute Gasteiger partial charge is 0.435 e. The van der Waals surface area contributed by atoms with Crippen LogP contribution in [0.1, 0.15) is 11.3 Å². The van der Waals surface area contributed by atoms with Gasteiger partial charge in [-0.3, -0.25) is 4.40 Å². The molecule has 0 bridgehead atoms. The van der Waals surface area contributed by atoms with Gasteiger partial charge >= 0.3 is 18.0 Å². The summed E-state index contributed by atoms with van der Waals surface area (Å²) >= 11 is 0. The average molecular weight is 500 g/mol. The van der Waals surface area contributed by atoms with E-state index in [-0.39, 0.29) is 27.8 Å². The van der Waals surface area contributed by atoms with Crippen LogP contribution in [0.2, 0.25) is 0 Å². The molecule has 1 aromatic carbocycles. The molecule has 0 radical (unpaired) electrons. The molecule has 1 N–H and O–H groups in total. The molecule has 14 heteroatoms. The van der Waals surface area contributed by atoms with Gasteiger partial charge in [0.15, 0.2) is 12.8 Å². The first kappa shape index (κ1) is 23.9. The minimum absolute atomic E-state index is 0.0137. The van der Waals surface area contributed by atoms with E-state index in [2.05, 4.69) is 20.1 Å². The Balaban J connectivity index is 1.88. The van der Waals surface area contributed by atoms with Crippen LogP contribution in [0.15, 0.2) is 54.7 Å². The van der Waals surface area contributed by atoms with E-state index < -0.39 is 40.8 Å². The van der Waals surface area contributed by atoms with Crippen molar-refractivity contribution in [3.8, 4) is 11.4 Å². The molecular formula is C21H13F7N5O2+. The lowest BCUT2D eigenvalue weighted by Gasteiger charge is -2.11. The lowest BCUT2D eigenvalue weighted by molar-refractivity contribution is -0.736. The van der Waals surface area contributed by atoms with Gasteiger partial charge in [-0.15, -0.1) is 0 Å². The van der Waals surface area contributed by atoms with Crippen molar-refractivity contribution in [3.63, 3.8) is 0 Å². The number of benzene rings is 1. The molecule has 35 heavy (non-hydrogen) atoms. The zero-order valence-electron chi connectivity index (χ0n) is 17.4. The predicted molar refractivity (Wildman–Crippen MR) is 108 cm³/mol. The molecule has 0 unspecified atom stereocenters. The summed E-state index contributed by atoms with van der Waals surface area (Å²) in [7, 11) is 1.01. The van der Waals surface area contributed by atoms with Gasteiger partial charge in [-0.1, -0.05) is 0 Å². The third kappa shape index (κ3) is 4.85. The third-order valence-corrected chi connectivity index (χ3v) is 4.76. The Morgan fingerprint density at radius 1 is 0.943 bits per heavy atom. The number of anilines is 2. The Bertz CT molecular complexity index is 1410. The highest BCUT2D eigenvalue weighted by Crippen LogP contribution is 2.38. The summed E-state index contributed by atoms with van der Waals surface area (Å²) in [6.45, 7) is 0. The van der Waals surface area contributed by atoms with Crippen molar-refractivity contribution in [2.75, 3.05) is 12.4 Å². The number of fused-ring (bicyclic) bond motifs is 1. The fourth-order valence-corrected chi connectivity index (χ4v) is 3.26. The monoisotopic (exact) mass is 500 g/mol. The highest BCUT2D eigenvalue weighted by atomic mass is 19.4. The first-order valence-electron chi connectivity index (χ1n) is 9.60. The number of halogens is 7. The molecule has 182 valence electrons. The van der Waals surface area contributed by atoms with E-state index in [1.165, 1.54) is 0 Å².